The molecule has 0 heterocycles. The van der Waals surface area contributed by atoms with Gasteiger partial charge in [0.1, 0.15) is 18.1 Å². The van der Waals surface area contributed by atoms with Crippen molar-refractivity contribution < 1.29 is 14.2 Å². The first-order valence-electron chi connectivity index (χ1n) is 6.15. The van der Waals surface area contributed by atoms with Crippen LogP contribution in [0, 0.1) is 0 Å². The second-order valence-corrected chi connectivity index (χ2v) is 4.51. The summed E-state index contributed by atoms with van der Waals surface area (Å²) in [5.41, 5.74) is 6.93. The highest BCUT2D eigenvalue weighted by Crippen LogP contribution is 2.26. The SMILES string of the molecule is COc1ccc(CC(C)N)c(OCC(C)OC)c1. The summed E-state index contributed by atoms with van der Waals surface area (Å²) in [6, 6.07) is 5.90. The fraction of sp³-hybridized carbons (Fsp3) is 0.571. The molecule has 2 unspecified atom stereocenters. The molecule has 0 radical (unpaired) electrons. The van der Waals surface area contributed by atoms with E-state index in [0.29, 0.717) is 6.61 Å². The number of benzene rings is 1. The highest BCUT2D eigenvalue weighted by atomic mass is 16.5. The smallest absolute Gasteiger partial charge is 0.126 e. The molecule has 0 amide bonds. The highest BCUT2D eigenvalue weighted by Gasteiger charge is 2.09. The third-order valence-electron chi connectivity index (χ3n) is 2.69. The molecule has 1 aromatic carbocycles. The van der Waals surface area contributed by atoms with Crippen molar-refractivity contribution in [3.63, 3.8) is 0 Å². The molecule has 0 bridgehead atoms. The summed E-state index contributed by atoms with van der Waals surface area (Å²) in [5.74, 6) is 1.60. The van der Waals surface area contributed by atoms with E-state index in [1.165, 1.54) is 0 Å². The van der Waals surface area contributed by atoms with Crippen molar-refractivity contribution in [2.24, 2.45) is 5.73 Å². The summed E-state index contributed by atoms with van der Waals surface area (Å²) in [7, 11) is 3.31. The minimum absolute atomic E-state index is 0.0550. The zero-order chi connectivity index (χ0) is 13.5. The van der Waals surface area contributed by atoms with Gasteiger partial charge in [-0.05, 0) is 31.9 Å². The molecule has 4 heteroatoms. The van der Waals surface area contributed by atoms with Gasteiger partial charge in [0, 0.05) is 19.2 Å². The van der Waals surface area contributed by atoms with Crippen LogP contribution in [0.5, 0.6) is 11.5 Å². The molecule has 0 spiro atoms. The number of rotatable bonds is 7. The lowest BCUT2D eigenvalue weighted by Gasteiger charge is -2.16. The van der Waals surface area contributed by atoms with E-state index in [2.05, 4.69) is 0 Å². The summed E-state index contributed by atoms with van der Waals surface area (Å²) in [4.78, 5) is 0. The van der Waals surface area contributed by atoms with Gasteiger partial charge in [0.2, 0.25) is 0 Å². The number of hydrogen-bond donors (Lipinski definition) is 1. The Morgan fingerprint density at radius 3 is 2.50 bits per heavy atom. The van der Waals surface area contributed by atoms with Crippen LogP contribution in [0.25, 0.3) is 0 Å². The fourth-order valence-corrected chi connectivity index (χ4v) is 1.59. The van der Waals surface area contributed by atoms with Crippen LogP contribution in [0.4, 0.5) is 0 Å². The molecule has 2 atom stereocenters. The standard InChI is InChI=1S/C14H23NO3/c1-10(15)7-12-5-6-13(17-4)8-14(12)18-9-11(2)16-3/h5-6,8,10-11H,7,9,15H2,1-4H3. The van der Waals surface area contributed by atoms with Crippen LogP contribution in [0.3, 0.4) is 0 Å². The van der Waals surface area contributed by atoms with Gasteiger partial charge in [0.25, 0.3) is 0 Å². The maximum atomic E-state index is 5.83. The molecule has 0 aliphatic rings. The van der Waals surface area contributed by atoms with Gasteiger partial charge < -0.3 is 19.9 Å². The van der Waals surface area contributed by atoms with Crippen molar-refractivity contribution in [3.05, 3.63) is 23.8 Å². The molecule has 0 aromatic heterocycles. The molecule has 0 saturated carbocycles. The van der Waals surface area contributed by atoms with E-state index >= 15 is 0 Å². The topological polar surface area (TPSA) is 53.7 Å². The number of ether oxygens (including phenoxy) is 3. The third-order valence-corrected chi connectivity index (χ3v) is 2.69. The predicted octanol–water partition coefficient (Wildman–Crippen LogP) is 2.00. The maximum Gasteiger partial charge on any atom is 0.126 e. The van der Waals surface area contributed by atoms with Gasteiger partial charge in [-0.25, -0.2) is 0 Å². The fourth-order valence-electron chi connectivity index (χ4n) is 1.59. The second-order valence-electron chi connectivity index (χ2n) is 4.51. The molecule has 2 N–H and O–H groups in total. The van der Waals surface area contributed by atoms with Gasteiger partial charge in [-0.2, -0.15) is 0 Å². The zero-order valence-corrected chi connectivity index (χ0v) is 11.6. The minimum Gasteiger partial charge on any atom is -0.497 e. The Hall–Kier alpha value is -1.26. The number of nitrogens with two attached hydrogens (primary N) is 1. The summed E-state index contributed by atoms with van der Waals surface area (Å²) in [6.07, 6.45) is 0.833. The van der Waals surface area contributed by atoms with E-state index < -0.39 is 0 Å². The monoisotopic (exact) mass is 253 g/mol. The quantitative estimate of drug-likeness (QED) is 0.807. The lowest BCUT2D eigenvalue weighted by molar-refractivity contribution is 0.0712. The molecule has 1 rings (SSSR count). The van der Waals surface area contributed by atoms with Crippen LogP contribution >= 0.6 is 0 Å². The largest absolute Gasteiger partial charge is 0.497 e. The minimum atomic E-state index is 0.0550. The van der Waals surface area contributed by atoms with Crippen LogP contribution in [0.2, 0.25) is 0 Å². The molecule has 0 fully saturated rings. The van der Waals surface area contributed by atoms with Gasteiger partial charge in [-0.1, -0.05) is 6.07 Å². The average molecular weight is 253 g/mol. The lowest BCUT2D eigenvalue weighted by atomic mass is 10.1. The van der Waals surface area contributed by atoms with Crippen molar-refractivity contribution in [3.8, 4) is 11.5 Å². The summed E-state index contributed by atoms with van der Waals surface area (Å²) < 4.78 is 16.1. The molecule has 18 heavy (non-hydrogen) atoms. The summed E-state index contributed by atoms with van der Waals surface area (Å²) >= 11 is 0. The van der Waals surface area contributed by atoms with Crippen LogP contribution in [-0.2, 0) is 11.2 Å². The van der Waals surface area contributed by atoms with Crippen molar-refractivity contribution in [1.82, 2.24) is 0 Å². The van der Waals surface area contributed by atoms with E-state index in [1.54, 1.807) is 14.2 Å². The van der Waals surface area contributed by atoms with Crippen LogP contribution in [0.15, 0.2) is 18.2 Å². The van der Waals surface area contributed by atoms with Gasteiger partial charge in [-0.15, -0.1) is 0 Å². The van der Waals surface area contributed by atoms with Gasteiger partial charge in [0.05, 0.1) is 13.2 Å². The molecular formula is C14H23NO3. The Bertz CT molecular complexity index is 366. The first-order chi connectivity index (χ1) is 8.56. The Labute approximate surface area is 109 Å². The Kier molecular flexibility index (Phi) is 5.95. The van der Waals surface area contributed by atoms with Crippen molar-refractivity contribution in [2.45, 2.75) is 32.4 Å². The van der Waals surface area contributed by atoms with E-state index in [1.807, 2.05) is 32.0 Å². The normalized spacial score (nSPS) is 14.1. The van der Waals surface area contributed by atoms with Crippen molar-refractivity contribution in [1.29, 1.82) is 0 Å². The van der Waals surface area contributed by atoms with Gasteiger partial charge in [0.15, 0.2) is 0 Å². The summed E-state index contributed by atoms with van der Waals surface area (Å²) in [6.45, 7) is 4.45. The van der Waals surface area contributed by atoms with E-state index in [4.69, 9.17) is 19.9 Å². The van der Waals surface area contributed by atoms with Gasteiger partial charge in [-0.3, -0.25) is 0 Å². The average Bonchev–Trinajstić information content (AvgIpc) is 2.36. The molecule has 0 aliphatic heterocycles. The van der Waals surface area contributed by atoms with Crippen LogP contribution in [-0.4, -0.2) is 33.0 Å². The number of hydrogen-bond acceptors (Lipinski definition) is 4. The summed E-state index contributed by atoms with van der Waals surface area (Å²) in [5, 5.41) is 0. The zero-order valence-electron chi connectivity index (χ0n) is 11.6. The highest BCUT2D eigenvalue weighted by molar-refractivity contribution is 5.41. The van der Waals surface area contributed by atoms with E-state index in [0.717, 1.165) is 23.5 Å². The van der Waals surface area contributed by atoms with Crippen LogP contribution in [0.1, 0.15) is 19.4 Å². The molecule has 0 saturated heterocycles. The first kappa shape index (κ1) is 14.8. The van der Waals surface area contributed by atoms with Crippen LogP contribution < -0.4 is 15.2 Å². The second kappa shape index (κ2) is 7.24. The molecule has 4 nitrogen and oxygen atoms in total. The molecular weight excluding hydrogens is 230 g/mol. The maximum absolute atomic E-state index is 5.83. The van der Waals surface area contributed by atoms with E-state index in [-0.39, 0.29) is 12.1 Å². The Morgan fingerprint density at radius 1 is 1.22 bits per heavy atom. The van der Waals surface area contributed by atoms with Crippen molar-refractivity contribution in [2.75, 3.05) is 20.8 Å². The van der Waals surface area contributed by atoms with Gasteiger partial charge >= 0.3 is 0 Å². The Balaban J connectivity index is 2.82. The molecule has 0 aliphatic carbocycles. The predicted molar refractivity (Wildman–Crippen MR) is 72.3 cm³/mol. The lowest BCUT2D eigenvalue weighted by Crippen LogP contribution is -2.20. The molecule has 102 valence electrons. The first-order valence-corrected chi connectivity index (χ1v) is 6.15. The Morgan fingerprint density at radius 2 is 1.94 bits per heavy atom. The third kappa shape index (κ3) is 4.55. The van der Waals surface area contributed by atoms with E-state index in [9.17, 15) is 0 Å². The number of methoxy groups -OCH3 is 2. The van der Waals surface area contributed by atoms with Crippen molar-refractivity contribution >= 4 is 0 Å². The molecule has 1 aromatic rings.